The molecule has 0 bridgehead atoms. The van der Waals surface area contributed by atoms with Crippen LogP contribution in [0.3, 0.4) is 0 Å². The Balaban J connectivity index is 1.55. The molecule has 0 aromatic heterocycles. The van der Waals surface area contributed by atoms with Gasteiger partial charge in [0.25, 0.3) is 0 Å². The molecule has 2 aromatic rings. The van der Waals surface area contributed by atoms with Gasteiger partial charge in [-0.3, -0.25) is 9.59 Å². The Labute approximate surface area is 200 Å². The van der Waals surface area contributed by atoms with Gasteiger partial charge in [-0.1, -0.05) is 68.8 Å². The lowest BCUT2D eigenvalue weighted by Gasteiger charge is -2.21. The lowest BCUT2D eigenvalue weighted by molar-refractivity contribution is -0.137. The standard InChI is InChI=1S/C27H34N2O5/c1-3-9-19(16-25(30)28-18(4-2)14-15-26(31)32)29-27(33)34-17-24-22-12-7-5-10-20(22)21-11-6-8-13-23(21)24/h5-8,10-13,18-19,24H,3-4,9,14-17H2,1-2H3,(H,28,30)(H,29,33)(H,31,32)/t18?,19-/m1/s1. The largest absolute Gasteiger partial charge is 0.481 e. The molecule has 1 aliphatic rings. The minimum Gasteiger partial charge on any atom is -0.481 e. The van der Waals surface area contributed by atoms with Crippen LogP contribution in [0.15, 0.2) is 48.5 Å². The molecular weight excluding hydrogens is 432 g/mol. The Hall–Kier alpha value is -3.35. The molecule has 2 atom stereocenters. The topological polar surface area (TPSA) is 105 Å². The maximum absolute atomic E-state index is 12.6. The van der Waals surface area contributed by atoms with E-state index in [1.54, 1.807) is 0 Å². The summed E-state index contributed by atoms with van der Waals surface area (Å²) >= 11 is 0. The van der Waals surface area contributed by atoms with E-state index in [2.05, 4.69) is 34.9 Å². The van der Waals surface area contributed by atoms with Gasteiger partial charge >= 0.3 is 12.1 Å². The zero-order valence-electron chi connectivity index (χ0n) is 19.9. The normalized spacial score (nSPS) is 13.9. The number of hydrogen-bond donors (Lipinski definition) is 3. The second-order valence-electron chi connectivity index (χ2n) is 8.76. The van der Waals surface area contributed by atoms with Crippen LogP contribution in [0.1, 0.15) is 69.4 Å². The van der Waals surface area contributed by atoms with Crippen LogP contribution in [0.2, 0.25) is 0 Å². The van der Waals surface area contributed by atoms with Gasteiger partial charge in [0.15, 0.2) is 0 Å². The summed E-state index contributed by atoms with van der Waals surface area (Å²) < 4.78 is 5.62. The molecule has 0 saturated heterocycles. The molecule has 34 heavy (non-hydrogen) atoms. The summed E-state index contributed by atoms with van der Waals surface area (Å²) in [6.45, 7) is 4.12. The highest BCUT2D eigenvalue weighted by atomic mass is 16.5. The Morgan fingerprint density at radius 1 is 0.912 bits per heavy atom. The summed E-state index contributed by atoms with van der Waals surface area (Å²) in [7, 11) is 0. The van der Waals surface area contributed by atoms with Crippen LogP contribution in [0.4, 0.5) is 4.79 Å². The number of ether oxygens (including phenoxy) is 1. The number of amides is 2. The van der Waals surface area contributed by atoms with E-state index in [1.165, 1.54) is 11.1 Å². The summed E-state index contributed by atoms with van der Waals surface area (Å²) in [5.41, 5.74) is 4.63. The van der Waals surface area contributed by atoms with Gasteiger partial charge in [-0.15, -0.1) is 0 Å². The number of carboxylic acid groups (broad SMARTS) is 1. The van der Waals surface area contributed by atoms with E-state index in [4.69, 9.17) is 9.84 Å². The number of carboxylic acids is 1. The van der Waals surface area contributed by atoms with E-state index in [9.17, 15) is 14.4 Å². The Kier molecular flexibility index (Phi) is 9.08. The first-order chi connectivity index (χ1) is 16.4. The Bertz CT molecular complexity index is 961. The lowest BCUT2D eigenvalue weighted by Crippen LogP contribution is -2.42. The predicted octanol–water partition coefficient (Wildman–Crippen LogP) is 4.84. The first-order valence-corrected chi connectivity index (χ1v) is 12.1. The molecule has 3 rings (SSSR count). The van der Waals surface area contributed by atoms with Crippen molar-refractivity contribution in [1.29, 1.82) is 0 Å². The number of alkyl carbamates (subject to hydrolysis) is 1. The number of aliphatic carboxylic acids is 1. The summed E-state index contributed by atoms with van der Waals surface area (Å²) in [6, 6.07) is 15.8. The number of benzene rings is 2. The molecule has 2 aromatic carbocycles. The fourth-order valence-corrected chi connectivity index (χ4v) is 4.57. The van der Waals surface area contributed by atoms with Crippen molar-refractivity contribution in [2.24, 2.45) is 0 Å². The van der Waals surface area contributed by atoms with Gasteiger partial charge < -0.3 is 20.5 Å². The van der Waals surface area contributed by atoms with Crippen molar-refractivity contribution in [3.63, 3.8) is 0 Å². The first-order valence-electron chi connectivity index (χ1n) is 12.1. The van der Waals surface area contributed by atoms with Gasteiger partial charge in [-0.05, 0) is 41.5 Å². The summed E-state index contributed by atoms with van der Waals surface area (Å²) in [5.74, 6) is -1.10. The molecule has 3 N–H and O–H groups in total. The van der Waals surface area contributed by atoms with Crippen LogP contribution in [0, 0.1) is 0 Å². The maximum Gasteiger partial charge on any atom is 0.407 e. The molecule has 1 aliphatic carbocycles. The average molecular weight is 467 g/mol. The minimum atomic E-state index is -0.881. The van der Waals surface area contributed by atoms with Crippen LogP contribution in [0.25, 0.3) is 11.1 Å². The highest BCUT2D eigenvalue weighted by molar-refractivity contribution is 5.79. The second-order valence-corrected chi connectivity index (χ2v) is 8.76. The van der Waals surface area contributed by atoms with Crippen LogP contribution in [0.5, 0.6) is 0 Å². The van der Waals surface area contributed by atoms with E-state index in [-0.39, 0.29) is 43.4 Å². The third kappa shape index (κ3) is 6.59. The van der Waals surface area contributed by atoms with Crippen LogP contribution in [-0.2, 0) is 14.3 Å². The number of carbonyl (C=O) groups is 3. The maximum atomic E-state index is 12.6. The summed E-state index contributed by atoms with van der Waals surface area (Å²) in [4.78, 5) is 35.9. The predicted molar refractivity (Wildman–Crippen MR) is 131 cm³/mol. The molecule has 0 saturated carbocycles. The van der Waals surface area contributed by atoms with E-state index in [1.807, 2.05) is 38.1 Å². The van der Waals surface area contributed by atoms with Crippen molar-refractivity contribution in [2.45, 2.75) is 70.4 Å². The molecule has 1 unspecified atom stereocenters. The number of fused-ring (bicyclic) bond motifs is 3. The molecule has 0 radical (unpaired) electrons. The minimum absolute atomic E-state index is 0.00910. The van der Waals surface area contributed by atoms with Crippen molar-refractivity contribution < 1.29 is 24.2 Å². The fraction of sp³-hybridized carbons (Fsp3) is 0.444. The fourth-order valence-electron chi connectivity index (χ4n) is 4.57. The smallest absolute Gasteiger partial charge is 0.407 e. The van der Waals surface area contributed by atoms with Gasteiger partial charge in [-0.2, -0.15) is 0 Å². The van der Waals surface area contributed by atoms with Gasteiger partial charge in [0.05, 0.1) is 0 Å². The highest BCUT2D eigenvalue weighted by Crippen LogP contribution is 2.44. The average Bonchev–Trinajstić information content (AvgIpc) is 3.14. The van der Waals surface area contributed by atoms with Crippen molar-refractivity contribution >= 4 is 18.0 Å². The van der Waals surface area contributed by atoms with Gasteiger partial charge in [0.2, 0.25) is 5.91 Å². The van der Waals surface area contributed by atoms with Crippen LogP contribution < -0.4 is 10.6 Å². The zero-order valence-corrected chi connectivity index (χ0v) is 19.9. The van der Waals surface area contributed by atoms with Crippen molar-refractivity contribution in [3.8, 4) is 11.1 Å². The molecular formula is C27H34N2O5. The van der Waals surface area contributed by atoms with E-state index in [0.717, 1.165) is 17.5 Å². The van der Waals surface area contributed by atoms with E-state index >= 15 is 0 Å². The monoisotopic (exact) mass is 466 g/mol. The van der Waals surface area contributed by atoms with Gasteiger partial charge in [0.1, 0.15) is 6.61 Å². The second kappa shape index (κ2) is 12.2. The number of nitrogens with one attached hydrogen (secondary N) is 2. The molecule has 0 aliphatic heterocycles. The lowest BCUT2D eigenvalue weighted by atomic mass is 9.98. The third-order valence-corrected chi connectivity index (χ3v) is 6.30. The summed E-state index contributed by atoms with van der Waals surface area (Å²) in [5, 5.41) is 14.6. The molecule has 7 heteroatoms. The number of hydrogen-bond acceptors (Lipinski definition) is 4. The first kappa shape index (κ1) is 25.3. The van der Waals surface area contributed by atoms with E-state index in [0.29, 0.717) is 19.3 Å². The Morgan fingerprint density at radius 3 is 2.09 bits per heavy atom. The third-order valence-electron chi connectivity index (χ3n) is 6.30. The summed E-state index contributed by atoms with van der Waals surface area (Å²) in [6.07, 6.45) is 2.08. The molecule has 0 heterocycles. The van der Waals surface area contributed by atoms with Crippen molar-refractivity contribution in [2.75, 3.05) is 6.61 Å². The zero-order chi connectivity index (χ0) is 24.5. The van der Waals surface area contributed by atoms with Crippen molar-refractivity contribution in [3.05, 3.63) is 59.7 Å². The van der Waals surface area contributed by atoms with Crippen LogP contribution in [-0.4, -0.2) is 41.8 Å². The number of rotatable bonds is 12. The quantitative estimate of drug-likeness (QED) is 0.415. The molecule has 0 fully saturated rings. The van der Waals surface area contributed by atoms with Gasteiger partial charge in [-0.25, -0.2) is 4.79 Å². The van der Waals surface area contributed by atoms with Crippen molar-refractivity contribution in [1.82, 2.24) is 10.6 Å². The number of carbonyl (C=O) groups excluding carboxylic acids is 2. The molecule has 7 nitrogen and oxygen atoms in total. The highest BCUT2D eigenvalue weighted by Gasteiger charge is 2.29. The van der Waals surface area contributed by atoms with Crippen LogP contribution >= 0.6 is 0 Å². The van der Waals surface area contributed by atoms with Gasteiger partial charge in [0, 0.05) is 30.8 Å². The molecule has 0 spiro atoms. The van der Waals surface area contributed by atoms with E-state index < -0.39 is 12.1 Å². The molecule has 182 valence electrons. The SMILES string of the molecule is CCC[C@H](CC(=O)NC(CC)CCC(=O)O)NC(=O)OCC1c2ccccc2-c2ccccc21. The molecule has 2 amide bonds. The Morgan fingerprint density at radius 2 is 1.53 bits per heavy atom.